The molecular formula is C22H33N3O. The van der Waals surface area contributed by atoms with Gasteiger partial charge in [0.25, 0.3) is 0 Å². The maximum atomic E-state index is 12.6. The Hall–Kier alpha value is -1.55. The summed E-state index contributed by atoms with van der Waals surface area (Å²) in [6, 6.07) is 8.96. The Morgan fingerprint density at radius 1 is 1.04 bits per heavy atom. The zero-order valence-electron chi connectivity index (χ0n) is 16.4. The van der Waals surface area contributed by atoms with E-state index in [-0.39, 0.29) is 0 Å². The number of rotatable bonds is 5. The number of nitrogens with zero attached hydrogens (tertiary/aromatic N) is 3. The van der Waals surface area contributed by atoms with E-state index in [9.17, 15) is 4.79 Å². The van der Waals surface area contributed by atoms with Gasteiger partial charge < -0.3 is 9.80 Å². The average Bonchev–Trinajstić information content (AvgIpc) is 2.60. The van der Waals surface area contributed by atoms with Crippen molar-refractivity contribution in [2.75, 3.05) is 50.7 Å². The largest absolute Gasteiger partial charge is 0.370 e. The number of hydrogen-bond donors (Lipinski definition) is 0. The summed E-state index contributed by atoms with van der Waals surface area (Å²) in [5.74, 6) is 1.22. The van der Waals surface area contributed by atoms with Crippen LogP contribution in [-0.4, -0.2) is 61.5 Å². The molecule has 0 aromatic heterocycles. The lowest BCUT2D eigenvalue weighted by atomic mass is 9.72. The Morgan fingerprint density at radius 2 is 1.69 bits per heavy atom. The van der Waals surface area contributed by atoms with Crippen molar-refractivity contribution < 1.29 is 4.79 Å². The van der Waals surface area contributed by atoms with Crippen LogP contribution in [0.3, 0.4) is 0 Å². The van der Waals surface area contributed by atoms with Gasteiger partial charge in [0, 0.05) is 37.3 Å². The molecule has 4 rings (SSSR count). The first-order valence-electron chi connectivity index (χ1n) is 10.4. The van der Waals surface area contributed by atoms with Crippen LogP contribution in [0.5, 0.6) is 0 Å². The van der Waals surface area contributed by atoms with Gasteiger partial charge in [-0.05, 0) is 56.0 Å². The summed E-state index contributed by atoms with van der Waals surface area (Å²) in [4.78, 5) is 19.5. The molecule has 1 spiro atoms. The van der Waals surface area contributed by atoms with Crippen molar-refractivity contribution in [3.05, 3.63) is 29.8 Å². The Bertz CT molecular complexity index is 619. The van der Waals surface area contributed by atoms with E-state index in [4.69, 9.17) is 0 Å². The topological polar surface area (TPSA) is 26.8 Å². The molecule has 0 radical (unpaired) electrons. The number of benzene rings is 1. The molecule has 0 aliphatic carbocycles. The molecule has 1 amide bonds. The van der Waals surface area contributed by atoms with E-state index < -0.39 is 0 Å². The van der Waals surface area contributed by atoms with Gasteiger partial charge in [-0.2, -0.15) is 0 Å². The summed E-state index contributed by atoms with van der Waals surface area (Å²) in [6.45, 7) is 11.4. The van der Waals surface area contributed by atoms with Gasteiger partial charge in [0.2, 0.25) is 5.91 Å². The van der Waals surface area contributed by atoms with E-state index in [0.717, 1.165) is 51.6 Å². The first kappa shape index (κ1) is 17.8. The van der Waals surface area contributed by atoms with E-state index >= 15 is 0 Å². The van der Waals surface area contributed by atoms with Crippen LogP contribution in [0.25, 0.3) is 0 Å². The second-order valence-electron chi connectivity index (χ2n) is 8.75. The number of piperidine rings is 1. The predicted octanol–water partition coefficient (Wildman–Crippen LogP) is 3.02. The Balaban J connectivity index is 1.20. The lowest BCUT2D eigenvalue weighted by molar-refractivity contribution is -0.146. The standard InChI is InChI=1S/C22H33N3O/c1-3-18-5-7-20(8-6-18)24-14-22(15-24)16-25(17-22)21(26)13-23-11-9-19(4-2)10-12-23/h5-8,19H,3-4,9-17H2,1-2H3. The molecule has 0 atom stereocenters. The molecule has 0 N–H and O–H groups in total. The summed E-state index contributed by atoms with van der Waals surface area (Å²) in [7, 11) is 0. The highest BCUT2D eigenvalue weighted by molar-refractivity contribution is 5.79. The zero-order valence-corrected chi connectivity index (χ0v) is 16.4. The quantitative estimate of drug-likeness (QED) is 0.812. The smallest absolute Gasteiger partial charge is 0.236 e. The molecule has 3 aliphatic heterocycles. The van der Waals surface area contributed by atoms with E-state index in [2.05, 4.69) is 52.8 Å². The normalized spacial score (nSPS) is 23.0. The van der Waals surface area contributed by atoms with Gasteiger partial charge in [-0.3, -0.25) is 9.69 Å². The van der Waals surface area contributed by atoms with E-state index in [1.807, 2.05) is 0 Å². The highest BCUT2D eigenvalue weighted by Crippen LogP contribution is 2.42. The van der Waals surface area contributed by atoms with Gasteiger partial charge in [-0.25, -0.2) is 0 Å². The van der Waals surface area contributed by atoms with Crippen LogP contribution in [0, 0.1) is 11.3 Å². The summed E-state index contributed by atoms with van der Waals surface area (Å²) < 4.78 is 0. The van der Waals surface area contributed by atoms with Crippen LogP contribution >= 0.6 is 0 Å². The van der Waals surface area contributed by atoms with E-state index in [0.29, 0.717) is 17.9 Å². The average molecular weight is 356 g/mol. The summed E-state index contributed by atoms with van der Waals surface area (Å²) in [5, 5.41) is 0. The van der Waals surface area contributed by atoms with Crippen molar-refractivity contribution in [3.63, 3.8) is 0 Å². The predicted molar refractivity (Wildman–Crippen MR) is 107 cm³/mol. The number of amides is 1. The highest BCUT2D eigenvalue weighted by Gasteiger charge is 2.53. The van der Waals surface area contributed by atoms with Crippen LogP contribution in [0.4, 0.5) is 5.69 Å². The number of carbonyl (C=O) groups is 1. The monoisotopic (exact) mass is 355 g/mol. The molecule has 3 fully saturated rings. The molecule has 3 saturated heterocycles. The van der Waals surface area contributed by atoms with Crippen molar-refractivity contribution in [1.29, 1.82) is 0 Å². The van der Waals surface area contributed by atoms with Crippen LogP contribution in [0.15, 0.2) is 24.3 Å². The van der Waals surface area contributed by atoms with Crippen molar-refractivity contribution in [2.24, 2.45) is 11.3 Å². The van der Waals surface area contributed by atoms with Gasteiger partial charge in [0.05, 0.1) is 6.54 Å². The van der Waals surface area contributed by atoms with E-state index in [1.54, 1.807) is 0 Å². The van der Waals surface area contributed by atoms with Crippen LogP contribution in [-0.2, 0) is 11.2 Å². The first-order chi connectivity index (χ1) is 12.6. The Kier molecular flexibility index (Phi) is 4.96. The summed E-state index contributed by atoms with van der Waals surface area (Å²) in [5.41, 5.74) is 3.10. The fourth-order valence-electron chi connectivity index (χ4n) is 4.87. The number of carbonyl (C=O) groups excluding carboxylic acids is 1. The SMILES string of the molecule is CCc1ccc(N2CC3(CN(C(=O)CN4CCC(CC)CC4)C3)C2)cc1. The van der Waals surface area contributed by atoms with Gasteiger partial charge in [-0.15, -0.1) is 0 Å². The van der Waals surface area contributed by atoms with Gasteiger partial charge >= 0.3 is 0 Å². The van der Waals surface area contributed by atoms with Gasteiger partial charge in [0.15, 0.2) is 0 Å². The van der Waals surface area contributed by atoms with Gasteiger partial charge in [0.1, 0.15) is 0 Å². The second-order valence-corrected chi connectivity index (χ2v) is 8.75. The molecule has 0 bridgehead atoms. The van der Waals surface area contributed by atoms with Crippen molar-refractivity contribution in [3.8, 4) is 0 Å². The molecular weight excluding hydrogens is 322 g/mol. The highest BCUT2D eigenvalue weighted by atomic mass is 16.2. The third kappa shape index (κ3) is 3.48. The minimum Gasteiger partial charge on any atom is -0.370 e. The fraction of sp³-hybridized carbons (Fsp3) is 0.682. The maximum Gasteiger partial charge on any atom is 0.236 e. The lowest BCUT2D eigenvalue weighted by Crippen LogP contribution is -2.73. The number of anilines is 1. The summed E-state index contributed by atoms with van der Waals surface area (Å²) >= 11 is 0. The van der Waals surface area contributed by atoms with Crippen molar-refractivity contribution in [2.45, 2.75) is 39.5 Å². The number of likely N-dealkylation sites (tertiary alicyclic amines) is 2. The van der Waals surface area contributed by atoms with Crippen molar-refractivity contribution >= 4 is 11.6 Å². The molecule has 142 valence electrons. The molecule has 0 unspecified atom stereocenters. The lowest BCUT2D eigenvalue weighted by Gasteiger charge is -2.61. The zero-order chi connectivity index (χ0) is 18.1. The van der Waals surface area contributed by atoms with Gasteiger partial charge in [-0.1, -0.05) is 32.4 Å². The molecule has 3 heterocycles. The molecule has 0 saturated carbocycles. The van der Waals surface area contributed by atoms with Crippen LogP contribution < -0.4 is 4.90 Å². The molecule has 4 heteroatoms. The maximum absolute atomic E-state index is 12.6. The molecule has 26 heavy (non-hydrogen) atoms. The Labute approximate surface area is 158 Å². The molecule has 3 aliphatic rings. The first-order valence-corrected chi connectivity index (χ1v) is 10.4. The van der Waals surface area contributed by atoms with Crippen molar-refractivity contribution in [1.82, 2.24) is 9.80 Å². The van der Waals surface area contributed by atoms with Crippen LogP contribution in [0.2, 0.25) is 0 Å². The fourth-order valence-corrected chi connectivity index (χ4v) is 4.87. The second kappa shape index (κ2) is 7.22. The Morgan fingerprint density at radius 3 is 2.27 bits per heavy atom. The number of hydrogen-bond acceptors (Lipinski definition) is 3. The third-order valence-corrected chi connectivity index (χ3v) is 6.81. The molecule has 1 aromatic carbocycles. The minimum absolute atomic E-state index is 0.344. The molecule has 1 aromatic rings. The van der Waals surface area contributed by atoms with E-state index in [1.165, 1.54) is 30.5 Å². The van der Waals surface area contributed by atoms with Crippen LogP contribution in [0.1, 0.15) is 38.7 Å². The minimum atomic E-state index is 0.344. The third-order valence-electron chi connectivity index (χ3n) is 6.81. The number of aryl methyl sites for hydroxylation is 1. The summed E-state index contributed by atoms with van der Waals surface area (Å²) in [6.07, 6.45) is 4.91. The molecule has 4 nitrogen and oxygen atoms in total.